The summed E-state index contributed by atoms with van der Waals surface area (Å²) >= 11 is 6.41. The smallest absolute Gasteiger partial charge is 0.243 e. The van der Waals surface area contributed by atoms with Gasteiger partial charge in [0.05, 0.1) is 24.4 Å². The van der Waals surface area contributed by atoms with Crippen molar-refractivity contribution in [1.29, 1.82) is 0 Å². The number of hydrogen-bond acceptors (Lipinski definition) is 6. The number of benzene rings is 3. The normalized spacial score (nSPS) is 15.0. The molecule has 3 aromatic carbocycles. The van der Waals surface area contributed by atoms with E-state index < -0.39 is 17.9 Å². The molecule has 5 rings (SSSR count). The number of halogens is 1. The molecule has 0 aliphatic carbocycles. The summed E-state index contributed by atoms with van der Waals surface area (Å²) < 4.78 is 5.59. The highest BCUT2D eigenvalue weighted by Gasteiger charge is 2.36. The minimum absolute atomic E-state index is 0.221. The first-order valence-electron chi connectivity index (χ1n) is 12.3. The molecule has 1 aliphatic rings. The number of hydrogen-bond donors (Lipinski definition) is 0. The average molecular weight is 527 g/mol. The second-order valence-corrected chi connectivity index (χ2v) is 9.53. The van der Waals surface area contributed by atoms with E-state index in [-0.39, 0.29) is 12.8 Å². The fourth-order valence-corrected chi connectivity index (χ4v) is 5.19. The first-order valence-corrected chi connectivity index (χ1v) is 12.6. The summed E-state index contributed by atoms with van der Waals surface area (Å²) in [5, 5.41) is 18.7. The van der Waals surface area contributed by atoms with Crippen LogP contribution in [0.4, 0.5) is 0 Å². The monoisotopic (exact) mass is 526 g/mol. The van der Waals surface area contributed by atoms with Gasteiger partial charge in [-0.25, -0.2) is 5.01 Å². The number of pyridine rings is 1. The predicted molar refractivity (Wildman–Crippen MR) is 145 cm³/mol. The van der Waals surface area contributed by atoms with Crippen LogP contribution in [0, 0.1) is 6.92 Å². The van der Waals surface area contributed by atoms with E-state index in [9.17, 15) is 14.7 Å². The Morgan fingerprint density at radius 2 is 1.76 bits per heavy atom. The summed E-state index contributed by atoms with van der Waals surface area (Å²) in [5.74, 6) is -1.07. The molecule has 2 heterocycles. The second kappa shape index (κ2) is 10.6. The largest absolute Gasteiger partial charge is 0.550 e. The summed E-state index contributed by atoms with van der Waals surface area (Å²) in [6, 6.07) is 22.5. The summed E-state index contributed by atoms with van der Waals surface area (Å²) in [7, 11) is 1.58. The minimum Gasteiger partial charge on any atom is -0.550 e. The number of ether oxygens (including phenoxy) is 1. The van der Waals surface area contributed by atoms with Crippen molar-refractivity contribution in [3.63, 3.8) is 0 Å². The Bertz CT molecular complexity index is 1570. The third-order valence-electron chi connectivity index (χ3n) is 6.69. The Morgan fingerprint density at radius 1 is 1.03 bits per heavy atom. The van der Waals surface area contributed by atoms with Crippen LogP contribution < -0.4 is 9.84 Å². The maximum absolute atomic E-state index is 13.3. The molecule has 1 aromatic heterocycles. The number of carbonyl (C=O) groups is 2. The van der Waals surface area contributed by atoms with Gasteiger partial charge < -0.3 is 14.6 Å². The number of amides is 1. The quantitative estimate of drug-likeness (QED) is 0.334. The van der Waals surface area contributed by atoms with Gasteiger partial charge in [0.15, 0.2) is 0 Å². The number of hydrazone groups is 1. The molecule has 1 amide bonds. The number of carboxylic acid groups (broad SMARTS) is 1. The Labute approximate surface area is 225 Å². The van der Waals surface area contributed by atoms with Crippen LogP contribution in [0.25, 0.3) is 22.0 Å². The number of methoxy groups -OCH3 is 1. The number of aromatic nitrogens is 1. The maximum atomic E-state index is 13.3. The van der Waals surface area contributed by atoms with Crippen molar-refractivity contribution >= 4 is 40.1 Å². The molecule has 4 aromatic rings. The van der Waals surface area contributed by atoms with E-state index in [0.717, 1.165) is 38.9 Å². The molecule has 0 radical (unpaired) electrons. The Balaban J connectivity index is 1.71. The van der Waals surface area contributed by atoms with Crippen molar-refractivity contribution in [1.82, 2.24) is 9.99 Å². The average Bonchev–Trinajstić information content (AvgIpc) is 3.36. The molecule has 0 spiro atoms. The van der Waals surface area contributed by atoms with Gasteiger partial charge >= 0.3 is 0 Å². The molecule has 0 bridgehead atoms. The fraction of sp³-hybridized carbons (Fsp3) is 0.200. The first-order chi connectivity index (χ1) is 18.4. The van der Waals surface area contributed by atoms with Gasteiger partial charge in [0.2, 0.25) is 5.91 Å². The molecule has 192 valence electrons. The summed E-state index contributed by atoms with van der Waals surface area (Å²) in [5.41, 5.74) is 5.74. The van der Waals surface area contributed by atoms with Crippen LogP contribution in [0.5, 0.6) is 5.75 Å². The third kappa shape index (κ3) is 4.85. The van der Waals surface area contributed by atoms with Crippen LogP contribution >= 0.6 is 11.6 Å². The Hall–Kier alpha value is -4.23. The second-order valence-electron chi connectivity index (χ2n) is 9.09. The lowest BCUT2D eigenvalue weighted by molar-refractivity contribution is -0.305. The van der Waals surface area contributed by atoms with Gasteiger partial charge in [0.1, 0.15) is 5.75 Å². The van der Waals surface area contributed by atoms with Gasteiger partial charge in [-0.3, -0.25) is 9.78 Å². The van der Waals surface area contributed by atoms with Crippen molar-refractivity contribution in [3.05, 3.63) is 94.6 Å². The molecule has 0 saturated carbocycles. The molecule has 0 fully saturated rings. The van der Waals surface area contributed by atoms with Crippen LogP contribution in [0.2, 0.25) is 5.02 Å². The lowest BCUT2D eigenvalue weighted by Gasteiger charge is -2.23. The van der Waals surface area contributed by atoms with E-state index in [1.807, 2.05) is 79.7 Å². The topological polar surface area (TPSA) is 94.9 Å². The predicted octanol–water partition coefficient (Wildman–Crippen LogP) is 5.08. The van der Waals surface area contributed by atoms with Crippen LogP contribution in [-0.2, 0) is 9.59 Å². The zero-order chi connectivity index (χ0) is 26.8. The lowest BCUT2D eigenvalue weighted by Crippen LogP contribution is -2.30. The van der Waals surface area contributed by atoms with Crippen LogP contribution in [-0.4, -0.2) is 34.7 Å². The van der Waals surface area contributed by atoms with Crippen molar-refractivity contribution in [2.45, 2.75) is 32.2 Å². The SMILES string of the molecule is COc1ccccc1C1CC(c2c(C)nc3ccc(Cl)cc3c2-c2ccccc2)=NN1C(=O)CCC(=O)[O-]. The summed E-state index contributed by atoms with van der Waals surface area (Å²) in [6.45, 7) is 1.93. The molecule has 1 atom stereocenters. The highest BCUT2D eigenvalue weighted by atomic mass is 35.5. The van der Waals surface area contributed by atoms with Gasteiger partial charge in [-0.1, -0.05) is 60.1 Å². The zero-order valence-corrected chi connectivity index (χ0v) is 21.7. The van der Waals surface area contributed by atoms with Crippen molar-refractivity contribution in [2.24, 2.45) is 5.10 Å². The van der Waals surface area contributed by atoms with Crippen LogP contribution in [0.15, 0.2) is 77.9 Å². The van der Waals surface area contributed by atoms with E-state index in [1.165, 1.54) is 5.01 Å². The molecule has 1 aliphatic heterocycles. The molecular formula is C30H25ClN3O4-. The fourth-order valence-electron chi connectivity index (χ4n) is 5.01. The van der Waals surface area contributed by atoms with Crippen LogP contribution in [0.1, 0.15) is 42.1 Å². The highest BCUT2D eigenvalue weighted by molar-refractivity contribution is 6.31. The number of fused-ring (bicyclic) bond motifs is 1. The van der Waals surface area contributed by atoms with E-state index in [0.29, 0.717) is 22.9 Å². The van der Waals surface area contributed by atoms with Crippen LogP contribution in [0.3, 0.4) is 0 Å². The molecule has 0 N–H and O–H groups in total. The first kappa shape index (κ1) is 25.4. The van der Waals surface area contributed by atoms with Crippen molar-refractivity contribution < 1.29 is 19.4 Å². The van der Waals surface area contributed by atoms with Gasteiger partial charge in [0.25, 0.3) is 0 Å². The van der Waals surface area contributed by atoms with Gasteiger partial charge in [-0.15, -0.1) is 0 Å². The summed E-state index contributed by atoms with van der Waals surface area (Å²) in [6.07, 6.45) is -0.212. The van der Waals surface area contributed by atoms with Gasteiger partial charge in [0, 0.05) is 51.6 Å². The van der Waals surface area contributed by atoms with E-state index in [1.54, 1.807) is 7.11 Å². The van der Waals surface area contributed by atoms with E-state index in [2.05, 4.69) is 0 Å². The third-order valence-corrected chi connectivity index (χ3v) is 6.92. The van der Waals surface area contributed by atoms with E-state index in [4.69, 9.17) is 26.4 Å². The highest BCUT2D eigenvalue weighted by Crippen LogP contribution is 2.42. The minimum atomic E-state index is -1.28. The van der Waals surface area contributed by atoms with Crippen molar-refractivity contribution in [3.8, 4) is 16.9 Å². The molecular weight excluding hydrogens is 502 g/mol. The number of para-hydroxylation sites is 1. The molecule has 0 saturated heterocycles. The standard InChI is InChI=1S/C30H26ClN3O4/c1-18-29(30(19-8-4-3-5-9-19)22-16-20(31)12-13-23(22)32-18)24-17-25(21-10-6-7-11-26(21)38-2)34(33-24)27(35)14-15-28(36)37/h3-13,16,25H,14-15,17H2,1-2H3,(H,36,37)/p-1. The van der Waals surface area contributed by atoms with Gasteiger partial charge in [-0.05, 0) is 43.2 Å². The molecule has 1 unspecified atom stereocenters. The molecule has 8 heteroatoms. The number of aliphatic carboxylic acids is 1. The Morgan fingerprint density at radius 3 is 2.50 bits per heavy atom. The lowest BCUT2D eigenvalue weighted by atomic mass is 9.89. The number of carbonyl (C=O) groups excluding carboxylic acids is 2. The number of nitrogens with zero attached hydrogens (tertiary/aromatic N) is 3. The van der Waals surface area contributed by atoms with Gasteiger partial charge in [-0.2, -0.15) is 5.10 Å². The van der Waals surface area contributed by atoms with E-state index >= 15 is 0 Å². The number of aryl methyl sites for hydroxylation is 1. The Kier molecular flexibility index (Phi) is 7.11. The summed E-state index contributed by atoms with van der Waals surface area (Å²) in [4.78, 5) is 29.2. The van der Waals surface area contributed by atoms with Crippen molar-refractivity contribution in [2.75, 3.05) is 7.11 Å². The number of carboxylic acids is 1. The maximum Gasteiger partial charge on any atom is 0.243 e. The molecule has 38 heavy (non-hydrogen) atoms. The molecule has 7 nitrogen and oxygen atoms in total. The number of rotatable bonds is 7. The zero-order valence-electron chi connectivity index (χ0n) is 21.0.